The molecule has 3 rings (SSSR count). The molecule has 0 bridgehead atoms. The molecule has 0 radical (unpaired) electrons. The summed E-state index contributed by atoms with van der Waals surface area (Å²) in [5.74, 6) is 0.730. The molecule has 3 aromatic rings. The molecule has 1 N–H and O–H groups in total. The number of aromatic amines is 1. The number of benzene rings is 1. The summed E-state index contributed by atoms with van der Waals surface area (Å²) in [6.07, 6.45) is 0. The van der Waals surface area contributed by atoms with Crippen LogP contribution in [0.1, 0.15) is 18.7 Å². The zero-order valence-corrected chi connectivity index (χ0v) is 11.8. The van der Waals surface area contributed by atoms with Crippen molar-refractivity contribution in [2.45, 2.75) is 12.8 Å². The van der Waals surface area contributed by atoms with Crippen LogP contribution in [0.15, 0.2) is 39.5 Å². The van der Waals surface area contributed by atoms with Gasteiger partial charge in [-0.25, -0.2) is 4.79 Å². The largest absolute Gasteiger partial charge is 0.423 e. The predicted molar refractivity (Wildman–Crippen MR) is 78.3 cm³/mol. The van der Waals surface area contributed by atoms with Gasteiger partial charge in [0.2, 0.25) is 0 Å². The van der Waals surface area contributed by atoms with Gasteiger partial charge in [0.1, 0.15) is 5.58 Å². The molecule has 1 aromatic carbocycles. The van der Waals surface area contributed by atoms with E-state index < -0.39 is 0 Å². The minimum atomic E-state index is -0.359. The van der Waals surface area contributed by atoms with Crippen molar-refractivity contribution >= 4 is 16.7 Å². The minimum Gasteiger partial charge on any atom is -0.423 e. The molecule has 0 aliphatic heterocycles. The molecule has 1 unspecified atom stereocenters. The first-order chi connectivity index (χ1) is 10.1. The average molecular weight is 285 g/mol. The zero-order chi connectivity index (χ0) is 14.8. The van der Waals surface area contributed by atoms with Gasteiger partial charge in [-0.2, -0.15) is 5.21 Å². The molecule has 7 heteroatoms. The quantitative estimate of drug-likeness (QED) is 0.732. The first-order valence-corrected chi connectivity index (χ1v) is 6.62. The van der Waals surface area contributed by atoms with Gasteiger partial charge in [0, 0.05) is 31.0 Å². The van der Waals surface area contributed by atoms with E-state index in [1.165, 1.54) is 6.07 Å². The van der Waals surface area contributed by atoms with Crippen molar-refractivity contribution in [1.82, 2.24) is 20.6 Å². The highest BCUT2D eigenvalue weighted by molar-refractivity contribution is 5.89. The van der Waals surface area contributed by atoms with Gasteiger partial charge in [0.05, 0.1) is 5.69 Å². The third-order valence-corrected chi connectivity index (χ3v) is 3.39. The van der Waals surface area contributed by atoms with Crippen LogP contribution in [-0.2, 0) is 0 Å². The van der Waals surface area contributed by atoms with Crippen LogP contribution < -0.4 is 10.5 Å². The number of nitrogens with one attached hydrogen (secondary N) is 1. The summed E-state index contributed by atoms with van der Waals surface area (Å²) in [7, 11) is 1.93. The lowest BCUT2D eigenvalue weighted by Crippen LogP contribution is -2.24. The lowest BCUT2D eigenvalue weighted by molar-refractivity contribution is 0.560. The summed E-state index contributed by atoms with van der Waals surface area (Å²) >= 11 is 0. The number of likely N-dealkylation sites (N-methyl/N-ethyl adjacent to an activating group) is 1. The van der Waals surface area contributed by atoms with Crippen LogP contribution in [0.2, 0.25) is 0 Å². The molecule has 2 heterocycles. The Morgan fingerprint density at radius 1 is 1.38 bits per heavy atom. The Kier molecular flexibility index (Phi) is 3.39. The summed E-state index contributed by atoms with van der Waals surface area (Å²) < 4.78 is 5.21. The Morgan fingerprint density at radius 3 is 2.95 bits per heavy atom. The van der Waals surface area contributed by atoms with Crippen LogP contribution >= 0.6 is 0 Å². The summed E-state index contributed by atoms with van der Waals surface area (Å²) in [5, 5.41) is 14.9. The van der Waals surface area contributed by atoms with Crippen molar-refractivity contribution in [1.29, 1.82) is 0 Å². The maximum atomic E-state index is 11.7. The van der Waals surface area contributed by atoms with E-state index in [-0.39, 0.29) is 11.5 Å². The maximum absolute atomic E-state index is 11.7. The number of nitrogens with zero attached hydrogens (tertiary/aromatic N) is 4. The highest BCUT2D eigenvalue weighted by Crippen LogP contribution is 2.25. The van der Waals surface area contributed by atoms with Crippen molar-refractivity contribution < 1.29 is 4.42 Å². The minimum absolute atomic E-state index is 0.0831. The first kappa shape index (κ1) is 13.3. The normalized spacial score (nSPS) is 12.5. The summed E-state index contributed by atoms with van der Waals surface area (Å²) in [4.78, 5) is 13.7. The Labute approximate surface area is 120 Å². The fraction of sp³-hybridized carbons (Fsp3) is 0.286. The van der Waals surface area contributed by atoms with E-state index >= 15 is 0 Å². The average Bonchev–Trinajstić information content (AvgIpc) is 3.00. The van der Waals surface area contributed by atoms with Crippen LogP contribution in [0.25, 0.3) is 11.0 Å². The van der Waals surface area contributed by atoms with Crippen LogP contribution in [-0.4, -0.2) is 34.2 Å². The highest BCUT2D eigenvalue weighted by Gasteiger charge is 2.16. The number of para-hydroxylation sites is 1. The van der Waals surface area contributed by atoms with Crippen LogP contribution in [0.4, 0.5) is 5.69 Å². The summed E-state index contributed by atoms with van der Waals surface area (Å²) in [5.41, 5.74) is 1.05. The van der Waals surface area contributed by atoms with Crippen molar-refractivity contribution in [2.24, 2.45) is 0 Å². The molecule has 0 spiro atoms. The number of H-pyrrole nitrogens is 1. The molecule has 0 saturated heterocycles. The van der Waals surface area contributed by atoms with E-state index in [2.05, 4.69) is 20.6 Å². The Bertz CT molecular complexity index is 796. The number of rotatable bonds is 4. The smallest absolute Gasteiger partial charge is 0.338 e. The number of aromatic nitrogens is 4. The fourth-order valence-corrected chi connectivity index (χ4v) is 2.38. The summed E-state index contributed by atoms with van der Waals surface area (Å²) in [6, 6.07) is 8.99. The molecule has 0 amide bonds. The molecule has 21 heavy (non-hydrogen) atoms. The molecule has 0 saturated carbocycles. The molecule has 7 nitrogen and oxygen atoms in total. The number of hydrogen-bond donors (Lipinski definition) is 1. The number of tetrazole rings is 1. The van der Waals surface area contributed by atoms with E-state index in [1.54, 1.807) is 6.07 Å². The second-order valence-electron chi connectivity index (χ2n) is 5.00. The van der Waals surface area contributed by atoms with Crippen molar-refractivity contribution in [3.05, 3.63) is 46.6 Å². The molecular weight excluding hydrogens is 270 g/mol. The van der Waals surface area contributed by atoms with Crippen LogP contribution in [0.5, 0.6) is 0 Å². The Balaban J connectivity index is 1.94. The predicted octanol–water partition coefficient (Wildman–Crippen LogP) is 1.55. The summed E-state index contributed by atoms with van der Waals surface area (Å²) in [6.45, 7) is 2.67. The molecule has 108 valence electrons. The van der Waals surface area contributed by atoms with Crippen molar-refractivity contribution in [3.63, 3.8) is 0 Å². The molecule has 2 aromatic heterocycles. The van der Waals surface area contributed by atoms with Crippen molar-refractivity contribution in [3.8, 4) is 0 Å². The van der Waals surface area contributed by atoms with E-state index in [9.17, 15) is 4.79 Å². The third-order valence-electron chi connectivity index (χ3n) is 3.39. The first-order valence-electron chi connectivity index (χ1n) is 6.62. The Morgan fingerprint density at radius 2 is 2.19 bits per heavy atom. The topological polar surface area (TPSA) is 87.9 Å². The van der Waals surface area contributed by atoms with Gasteiger partial charge in [0.15, 0.2) is 5.82 Å². The van der Waals surface area contributed by atoms with E-state index in [0.29, 0.717) is 18.0 Å². The fourth-order valence-electron chi connectivity index (χ4n) is 2.38. The van der Waals surface area contributed by atoms with Crippen LogP contribution in [0.3, 0.4) is 0 Å². The van der Waals surface area contributed by atoms with Gasteiger partial charge in [-0.1, -0.05) is 24.3 Å². The lowest BCUT2D eigenvalue weighted by Gasteiger charge is -2.22. The third kappa shape index (κ3) is 2.62. The molecule has 0 fully saturated rings. The van der Waals surface area contributed by atoms with Gasteiger partial charge >= 0.3 is 5.63 Å². The highest BCUT2D eigenvalue weighted by atomic mass is 16.4. The SMILES string of the molecule is CC(CN(C)c1cc(=O)oc2ccccc12)c1nn[nH]n1. The van der Waals surface area contributed by atoms with Crippen LogP contribution in [0, 0.1) is 0 Å². The Hall–Kier alpha value is -2.70. The molecule has 0 aliphatic rings. The molecular formula is C14H15N5O2. The number of fused-ring (bicyclic) bond motifs is 1. The number of hydrogen-bond acceptors (Lipinski definition) is 6. The van der Waals surface area contributed by atoms with Gasteiger partial charge in [-0.15, -0.1) is 10.2 Å². The van der Waals surface area contributed by atoms with Gasteiger partial charge in [-0.05, 0) is 12.1 Å². The maximum Gasteiger partial charge on any atom is 0.338 e. The van der Waals surface area contributed by atoms with E-state index in [1.807, 2.05) is 37.1 Å². The van der Waals surface area contributed by atoms with E-state index in [4.69, 9.17) is 4.42 Å². The standard InChI is InChI=1S/C14H15N5O2/c1-9(14-15-17-18-16-14)8-19(2)11-7-13(20)21-12-6-4-3-5-10(11)12/h3-7,9H,8H2,1-2H3,(H,15,16,17,18). The lowest BCUT2D eigenvalue weighted by atomic mass is 10.1. The zero-order valence-electron chi connectivity index (χ0n) is 11.8. The monoisotopic (exact) mass is 285 g/mol. The molecule has 0 aliphatic carbocycles. The second-order valence-corrected chi connectivity index (χ2v) is 5.00. The van der Waals surface area contributed by atoms with E-state index in [0.717, 1.165) is 11.1 Å². The van der Waals surface area contributed by atoms with Crippen molar-refractivity contribution in [2.75, 3.05) is 18.5 Å². The van der Waals surface area contributed by atoms with Gasteiger partial charge < -0.3 is 9.32 Å². The molecule has 1 atom stereocenters. The van der Waals surface area contributed by atoms with Gasteiger partial charge in [-0.3, -0.25) is 0 Å². The van der Waals surface area contributed by atoms with Gasteiger partial charge in [0.25, 0.3) is 0 Å². The second kappa shape index (κ2) is 5.35. The number of anilines is 1.